The zero-order chi connectivity index (χ0) is 14.4. The van der Waals surface area contributed by atoms with Crippen molar-refractivity contribution < 1.29 is 0 Å². The number of hydrogen-bond acceptors (Lipinski definition) is 1. The van der Waals surface area contributed by atoms with E-state index in [2.05, 4.69) is 61.6 Å². The van der Waals surface area contributed by atoms with Crippen molar-refractivity contribution in [2.45, 2.75) is 32.7 Å². The highest BCUT2D eigenvalue weighted by atomic mass is 14.9. The fourth-order valence-corrected chi connectivity index (χ4v) is 3.56. The fraction of sp³-hybridized carbons (Fsp3) is 0.400. The molecule has 2 aromatic carbocycles. The average Bonchev–Trinajstić information content (AvgIpc) is 3.08. The standard InChI is InChI=1S/C20H23N/c1-13-9-18(13)12-21-14(2)15-7-8-20-17(10-15)11-16-5-3-4-6-19(16)20/h3-8,10,13-14,18,21H,9,11-12H2,1-2H3. The van der Waals surface area contributed by atoms with Gasteiger partial charge in [-0.2, -0.15) is 0 Å². The highest BCUT2D eigenvalue weighted by Gasteiger charge is 2.32. The summed E-state index contributed by atoms with van der Waals surface area (Å²) < 4.78 is 0. The van der Waals surface area contributed by atoms with Crippen LogP contribution in [0, 0.1) is 11.8 Å². The van der Waals surface area contributed by atoms with Crippen molar-refractivity contribution in [2.75, 3.05) is 6.54 Å². The summed E-state index contributed by atoms with van der Waals surface area (Å²) >= 11 is 0. The SMILES string of the molecule is CC(NCC1CC1C)c1ccc2c(c1)Cc1ccccc1-2. The lowest BCUT2D eigenvalue weighted by molar-refractivity contribution is 0.535. The predicted molar refractivity (Wildman–Crippen MR) is 88.4 cm³/mol. The minimum absolute atomic E-state index is 0.451. The summed E-state index contributed by atoms with van der Waals surface area (Å²) in [6, 6.07) is 16.3. The van der Waals surface area contributed by atoms with Crippen LogP contribution in [0.25, 0.3) is 11.1 Å². The molecular weight excluding hydrogens is 254 g/mol. The molecule has 1 heteroatoms. The first kappa shape index (κ1) is 13.1. The maximum atomic E-state index is 3.70. The summed E-state index contributed by atoms with van der Waals surface area (Å²) in [6.45, 7) is 5.81. The molecule has 3 unspecified atom stereocenters. The van der Waals surface area contributed by atoms with Crippen molar-refractivity contribution in [3.8, 4) is 11.1 Å². The largest absolute Gasteiger partial charge is 0.310 e. The van der Waals surface area contributed by atoms with Crippen LogP contribution in [0.1, 0.15) is 43.0 Å². The summed E-state index contributed by atoms with van der Waals surface area (Å²) in [5.41, 5.74) is 7.23. The Labute approximate surface area is 127 Å². The first-order valence-corrected chi connectivity index (χ1v) is 8.17. The molecule has 1 fully saturated rings. The molecule has 21 heavy (non-hydrogen) atoms. The molecule has 108 valence electrons. The van der Waals surface area contributed by atoms with Gasteiger partial charge >= 0.3 is 0 Å². The van der Waals surface area contributed by atoms with E-state index in [0.29, 0.717) is 6.04 Å². The van der Waals surface area contributed by atoms with Gasteiger partial charge in [0, 0.05) is 6.04 Å². The van der Waals surface area contributed by atoms with Gasteiger partial charge in [-0.15, -0.1) is 0 Å². The molecule has 2 aliphatic carbocycles. The number of rotatable bonds is 4. The van der Waals surface area contributed by atoms with E-state index in [1.165, 1.54) is 40.8 Å². The summed E-state index contributed by atoms with van der Waals surface area (Å²) in [6.07, 6.45) is 2.49. The molecule has 0 bridgehead atoms. The molecule has 3 atom stereocenters. The van der Waals surface area contributed by atoms with Crippen LogP contribution in [0.15, 0.2) is 42.5 Å². The van der Waals surface area contributed by atoms with Gasteiger partial charge in [-0.1, -0.05) is 49.4 Å². The topological polar surface area (TPSA) is 12.0 Å². The summed E-state index contributed by atoms with van der Waals surface area (Å²) in [7, 11) is 0. The highest BCUT2D eigenvalue weighted by molar-refractivity contribution is 5.76. The number of benzene rings is 2. The molecule has 1 saturated carbocycles. The molecule has 0 saturated heterocycles. The minimum Gasteiger partial charge on any atom is -0.310 e. The molecule has 0 radical (unpaired) electrons. The van der Waals surface area contributed by atoms with Crippen LogP contribution in [0.3, 0.4) is 0 Å². The zero-order valence-corrected chi connectivity index (χ0v) is 12.9. The lowest BCUT2D eigenvalue weighted by Crippen LogP contribution is -2.21. The highest BCUT2D eigenvalue weighted by Crippen LogP contribution is 2.39. The van der Waals surface area contributed by atoms with E-state index in [4.69, 9.17) is 0 Å². The molecule has 1 nitrogen and oxygen atoms in total. The van der Waals surface area contributed by atoms with Crippen LogP contribution < -0.4 is 5.32 Å². The van der Waals surface area contributed by atoms with E-state index in [1.807, 2.05) is 0 Å². The van der Waals surface area contributed by atoms with E-state index in [-0.39, 0.29) is 0 Å². The normalized spacial score (nSPS) is 23.5. The van der Waals surface area contributed by atoms with Crippen LogP contribution in [0.2, 0.25) is 0 Å². The molecule has 0 aromatic heterocycles. The van der Waals surface area contributed by atoms with Gasteiger partial charge in [0.15, 0.2) is 0 Å². The molecule has 1 N–H and O–H groups in total. The Hall–Kier alpha value is -1.60. The van der Waals surface area contributed by atoms with Gasteiger partial charge in [-0.25, -0.2) is 0 Å². The smallest absolute Gasteiger partial charge is 0.0292 e. The third-order valence-electron chi connectivity index (χ3n) is 5.28. The maximum absolute atomic E-state index is 3.70. The van der Waals surface area contributed by atoms with Crippen LogP contribution in [-0.4, -0.2) is 6.54 Å². The minimum atomic E-state index is 0.451. The Balaban J connectivity index is 1.52. The quantitative estimate of drug-likeness (QED) is 0.737. The van der Waals surface area contributed by atoms with Crippen molar-refractivity contribution in [3.05, 3.63) is 59.2 Å². The van der Waals surface area contributed by atoms with Gasteiger partial charge in [-0.05, 0) is 66.0 Å². The summed E-state index contributed by atoms with van der Waals surface area (Å²) in [5, 5.41) is 3.70. The Bertz CT molecular complexity index is 673. The van der Waals surface area contributed by atoms with Crippen LogP contribution in [0.4, 0.5) is 0 Å². The van der Waals surface area contributed by atoms with E-state index in [0.717, 1.165) is 18.3 Å². The van der Waals surface area contributed by atoms with Crippen molar-refractivity contribution in [2.24, 2.45) is 11.8 Å². The van der Waals surface area contributed by atoms with Crippen molar-refractivity contribution in [1.82, 2.24) is 5.32 Å². The molecule has 2 aromatic rings. The molecule has 0 amide bonds. The van der Waals surface area contributed by atoms with E-state index >= 15 is 0 Å². The molecular formula is C20H23N. The lowest BCUT2D eigenvalue weighted by Gasteiger charge is -2.15. The van der Waals surface area contributed by atoms with E-state index in [9.17, 15) is 0 Å². The Morgan fingerprint density at radius 3 is 2.67 bits per heavy atom. The molecule has 0 heterocycles. The molecule has 2 aliphatic rings. The number of hydrogen-bond donors (Lipinski definition) is 1. The maximum Gasteiger partial charge on any atom is 0.0292 e. The van der Waals surface area contributed by atoms with Gasteiger partial charge in [0.25, 0.3) is 0 Å². The Morgan fingerprint density at radius 1 is 1.10 bits per heavy atom. The first-order valence-electron chi connectivity index (χ1n) is 8.17. The van der Waals surface area contributed by atoms with Gasteiger partial charge in [-0.3, -0.25) is 0 Å². The third kappa shape index (κ3) is 2.40. The second kappa shape index (κ2) is 4.99. The van der Waals surface area contributed by atoms with Crippen LogP contribution in [0.5, 0.6) is 0 Å². The van der Waals surface area contributed by atoms with Crippen molar-refractivity contribution >= 4 is 0 Å². The van der Waals surface area contributed by atoms with Gasteiger partial charge in [0.05, 0.1) is 0 Å². The molecule has 0 aliphatic heterocycles. The lowest BCUT2D eigenvalue weighted by atomic mass is 10.00. The fourth-order valence-electron chi connectivity index (χ4n) is 3.56. The number of fused-ring (bicyclic) bond motifs is 3. The Morgan fingerprint density at radius 2 is 1.86 bits per heavy atom. The van der Waals surface area contributed by atoms with Crippen LogP contribution >= 0.6 is 0 Å². The predicted octanol–water partition coefficient (Wildman–Crippen LogP) is 4.56. The van der Waals surface area contributed by atoms with Crippen molar-refractivity contribution in [1.29, 1.82) is 0 Å². The monoisotopic (exact) mass is 277 g/mol. The zero-order valence-electron chi connectivity index (χ0n) is 12.9. The van der Waals surface area contributed by atoms with Gasteiger partial charge < -0.3 is 5.32 Å². The first-order chi connectivity index (χ1) is 10.2. The second-order valence-electron chi connectivity index (χ2n) is 6.85. The molecule has 4 rings (SSSR count). The summed E-state index contributed by atoms with van der Waals surface area (Å²) in [4.78, 5) is 0. The van der Waals surface area contributed by atoms with Crippen LogP contribution in [-0.2, 0) is 6.42 Å². The number of nitrogens with one attached hydrogen (secondary N) is 1. The third-order valence-corrected chi connectivity index (χ3v) is 5.28. The average molecular weight is 277 g/mol. The van der Waals surface area contributed by atoms with Crippen molar-refractivity contribution in [3.63, 3.8) is 0 Å². The second-order valence-corrected chi connectivity index (χ2v) is 6.85. The van der Waals surface area contributed by atoms with Gasteiger partial charge in [0.1, 0.15) is 0 Å². The molecule has 0 spiro atoms. The van der Waals surface area contributed by atoms with E-state index < -0.39 is 0 Å². The Kier molecular flexibility index (Phi) is 3.11. The van der Waals surface area contributed by atoms with E-state index in [1.54, 1.807) is 0 Å². The van der Waals surface area contributed by atoms with Gasteiger partial charge in [0.2, 0.25) is 0 Å². The summed E-state index contributed by atoms with van der Waals surface area (Å²) in [5.74, 6) is 1.84.